The SMILES string of the molecule is Cc1cc(N2CCN(C(C)C(N)=O)CC2)ncn1. The number of rotatable bonds is 3. The monoisotopic (exact) mass is 249 g/mol. The minimum Gasteiger partial charge on any atom is -0.368 e. The van der Waals surface area contributed by atoms with Crippen molar-refractivity contribution in [1.82, 2.24) is 14.9 Å². The van der Waals surface area contributed by atoms with Crippen molar-refractivity contribution in [2.45, 2.75) is 19.9 Å². The first-order valence-electron chi connectivity index (χ1n) is 6.15. The molecule has 98 valence electrons. The molecule has 2 N–H and O–H groups in total. The Balaban J connectivity index is 1.96. The van der Waals surface area contributed by atoms with E-state index >= 15 is 0 Å². The van der Waals surface area contributed by atoms with Crippen molar-refractivity contribution in [1.29, 1.82) is 0 Å². The van der Waals surface area contributed by atoms with Crippen LogP contribution in [-0.4, -0.2) is 53.0 Å². The molecule has 1 unspecified atom stereocenters. The molecule has 0 radical (unpaired) electrons. The number of carbonyl (C=O) groups is 1. The molecule has 2 heterocycles. The van der Waals surface area contributed by atoms with E-state index in [1.807, 2.05) is 19.9 Å². The van der Waals surface area contributed by atoms with Crippen LogP contribution in [0.4, 0.5) is 5.82 Å². The van der Waals surface area contributed by atoms with Crippen LogP contribution in [0.5, 0.6) is 0 Å². The van der Waals surface area contributed by atoms with Crippen LogP contribution >= 0.6 is 0 Å². The van der Waals surface area contributed by atoms with Crippen molar-refractivity contribution in [2.75, 3.05) is 31.1 Å². The van der Waals surface area contributed by atoms with Gasteiger partial charge >= 0.3 is 0 Å². The van der Waals surface area contributed by atoms with Gasteiger partial charge in [-0.3, -0.25) is 9.69 Å². The first-order valence-corrected chi connectivity index (χ1v) is 6.15. The largest absolute Gasteiger partial charge is 0.368 e. The smallest absolute Gasteiger partial charge is 0.234 e. The van der Waals surface area contributed by atoms with E-state index in [4.69, 9.17) is 5.73 Å². The summed E-state index contributed by atoms with van der Waals surface area (Å²) in [7, 11) is 0. The lowest BCUT2D eigenvalue weighted by molar-refractivity contribution is -0.122. The van der Waals surface area contributed by atoms with E-state index in [-0.39, 0.29) is 11.9 Å². The van der Waals surface area contributed by atoms with Crippen molar-refractivity contribution in [3.63, 3.8) is 0 Å². The van der Waals surface area contributed by atoms with Crippen molar-refractivity contribution in [2.24, 2.45) is 5.73 Å². The standard InChI is InChI=1S/C12H19N5O/c1-9-7-11(15-8-14-9)17-5-3-16(4-6-17)10(2)12(13)18/h7-8,10H,3-6H2,1-2H3,(H2,13,18). The Morgan fingerprint density at radius 2 is 2.00 bits per heavy atom. The molecule has 1 aromatic heterocycles. The van der Waals surface area contributed by atoms with Gasteiger partial charge in [-0.25, -0.2) is 9.97 Å². The summed E-state index contributed by atoms with van der Waals surface area (Å²) in [6.45, 7) is 7.17. The normalized spacial score (nSPS) is 18.7. The highest BCUT2D eigenvalue weighted by Gasteiger charge is 2.24. The molecular formula is C12H19N5O. The lowest BCUT2D eigenvalue weighted by atomic mass is 10.2. The lowest BCUT2D eigenvalue weighted by Crippen LogP contribution is -2.53. The average molecular weight is 249 g/mol. The van der Waals surface area contributed by atoms with Crippen molar-refractivity contribution in [3.05, 3.63) is 18.1 Å². The Bertz CT molecular complexity index is 428. The minimum atomic E-state index is -0.263. The molecule has 1 aliphatic rings. The maximum Gasteiger partial charge on any atom is 0.234 e. The van der Waals surface area contributed by atoms with Gasteiger partial charge in [-0.2, -0.15) is 0 Å². The number of primary amides is 1. The fraction of sp³-hybridized carbons (Fsp3) is 0.583. The Hall–Kier alpha value is -1.69. The highest BCUT2D eigenvalue weighted by molar-refractivity contribution is 5.79. The zero-order valence-corrected chi connectivity index (χ0v) is 10.8. The Morgan fingerprint density at radius 1 is 1.33 bits per heavy atom. The van der Waals surface area contributed by atoms with Gasteiger partial charge in [0.15, 0.2) is 0 Å². The van der Waals surface area contributed by atoms with E-state index in [9.17, 15) is 4.79 Å². The number of piperazine rings is 1. The van der Waals surface area contributed by atoms with E-state index in [2.05, 4.69) is 19.8 Å². The van der Waals surface area contributed by atoms with E-state index in [1.54, 1.807) is 6.33 Å². The quantitative estimate of drug-likeness (QED) is 0.801. The molecule has 0 aliphatic carbocycles. The molecule has 6 heteroatoms. The Kier molecular flexibility index (Phi) is 3.76. The molecule has 1 aliphatic heterocycles. The molecule has 1 saturated heterocycles. The number of aromatic nitrogens is 2. The summed E-state index contributed by atoms with van der Waals surface area (Å²) in [5.74, 6) is 0.690. The molecule has 6 nitrogen and oxygen atoms in total. The van der Waals surface area contributed by atoms with Gasteiger partial charge in [-0.1, -0.05) is 0 Å². The van der Waals surface area contributed by atoms with Crippen LogP contribution in [0.15, 0.2) is 12.4 Å². The fourth-order valence-corrected chi connectivity index (χ4v) is 2.13. The van der Waals surface area contributed by atoms with Crippen LogP contribution in [0.25, 0.3) is 0 Å². The topological polar surface area (TPSA) is 75.3 Å². The van der Waals surface area contributed by atoms with Crippen LogP contribution in [0, 0.1) is 6.92 Å². The number of aryl methyl sites for hydroxylation is 1. The molecule has 2 rings (SSSR count). The molecule has 1 atom stereocenters. The number of amides is 1. The summed E-state index contributed by atoms with van der Waals surface area (Å²) >= 11 is 0. The summed E-state index contributed by atoms with van der Waals surface area (Å²) < 4.78 is 0. The van der Waals surface area contributed by atoms with Gasteiger partial charge in [0.25, 0.3) is 0 Å². The number of carbonyl (C=O) groups excluding carboxylic acids is 1. The van der Waals surface area contributed by atoms with Gasteiger partial charge in [-0.05, 0) is 13.8 Å². The van der Waals surface area contributed by atoms with E-state index < -0.39 is 0 Å². The Morgan fingerprint density at radius 3 is 2.56 bits per heavy atom. The molecule has 0 bridgehead atoms. The van der Waals surface area contributed by atoms with Gasteiger partial charge < -0.3 is 10.6 Å². The third kappa shape index (κ3) is 2.76. The van der Waals surface area contributed by atoms with Crippen molar-refractivity contribution in [3.8, 4) is 0 Å². The third-order valence-electron chi connectivity index (χ3n) is 3.39. The highest BCUT2D eigenvalue weighted by Crippen LogP contribution is 2.14. The van der Waals surface area contributed by atoms with Gasteiger partial charge in [0.2, 0.25) is 5.91 Å². The predicted molar refractivity (Wildman–Crippen MR) is 69.2 cm³/mol. The lowest BCUT2D eigenvalue weighted by Gasteiger charge is -2.37. The summed E-state index contributed by atoms with van der Waals surface area (Å²) in [6, 6.07) is 1.78. The number of anilines is 1. The maximum atomic E-state index is 11.1. The summed E-state index contributed by atoms with van der Waals surface area (Å²) in [6.07, 6.45) is 1.59. The maximum absolute atomic E-state index is 11.1. The zero-order chi connectivity index (χ0) is 13.1. The first kappa shape index (κ1) is 12.8. The van der Waals surface area contributed by atoms with E-state index in [0.717, 1.165) is 37.7 Å². The van der Waals surface area contributed by atoms with Gasteiger partial charge in [0, 0.05) is 37.9 Å². The van der Waals surface area contributed by atoms with Gasteiger partial charge in [0.1, 0.15) is 12.1 Å². The second-order valence-corrected chi connectivity index (χ2v) is 4.62. The second kappa shape index (κ2) is 5.30. The number of nitrogens with zero attached hydrogens (tertiary/aromatic N) is 4. The fourth-order valence-electron chi connectivity index (χ4n) is 2.13. The van der Waals surface area contributed by atoms with Crippen molar-refractivity contribution < 1.29 is 4.79 Å². The van der Waals surface area contributed by atoms with Crippen LogP contribution in [0.3, 0.4) is 0 Å². The van der Waals surface area contributed by atoms with E-state index in [1.165, 1.54) is 0 Å². The van der Waals surface area contributed by atoms with Crippen molar-refractivity contribution >= 4 is 11.7 Å². The summed E-state index contributed by atoms with van der Waals surface area (Å²) in [5, 5.41) is 0. The minimum absolute atomic E-state index is 0.195. The zero-order valence-electron chi connectivity index (χ0n) is 10.8. The molecule has 18 heavy (non-hydrogen) atoms. The van der Waals surface area contributed by atoms with Gasteiger partial charge in [-0.15, -0.1) is 0 Å². The van der Waals surface area contributed by atoms with Crippen LogP contribution in [0.1, 0.15) is 12.6 Å². The number of hydrogen-bond donors (Lipinski definition) is 1. The number of hydrogen-bond acceptors (Lipinski definition) is 5. The molecule has 1 amide bonds. The molecule has 0 aromatic carbocycles. The number of nitrogens with two attached hydrogens (primary N) is 1. The second-order valence-electron chi connectivity index (χ2n) is 4.62. The van der Waals surface area contributed by atoms with E-state index in [0.29, 0.717) is 0 Å². The van der Waals surface area contributed by atoms with Crippen LogP contribution < -0.4 is 10.6 Å². The molecule has 1 fully saturated rings. The average Bonchev–Trinajstić information content (AvgIpc) is 2.38. The summed E-state index contributed by atoms with van der Waals surface area (Å²) in [5.41, 5.74) is 6.28. The predicted octanol–water partition coefficient (Wildman–Crippen LogP) is -0.219. The molecular weight excluding hydrogens is 230 g/mol. The van der Waals surface area contributed by atoms with Gasteiger partial charge in [0.05, 0.1) is 6.04 Å². The first-order chi connectivity index (χ1) is 8.58. The molecule has 0 spiro atoms. The van der Waals surface area contributed by atoms with Crippen LogP contribution in [0.2, 0.25) is 0 Å². The summed E-state index contributed by atoms with van der Waals surface area (Å²) in [4.78, 5) is 23.8. The Labute approximate surface area is 107 Å². The molecule has 1 aromatic rings. The highest BCUT2D eigenvalue weighted by atomic mass is 16.1. The molecule has 0 saturated carbocycles. The third-order valence-corrected chi connectivity index (χ3v) is 3.39. The van der Waals surface area contributed by atoms with Crippen LogP contribution in [-0.2, 0) is 4.79 Å².